The second kappa shape index (κ2) is 9.92. The number of hydrogen-bond donors (Lipinski definition) is 1. The first-order chi connectivity index (χ1) is 15.9. The van der Waals surface area contributed by atoms with Gasteiger partial charge in [0, 0.05) is 43.9 Å². The Morgan fingerprint density at radius 1 is 1.12 bits per heavy atom. The molecular formula is C28H36N4O. The Hall–Kier alpha value is -2.92. The van der Waals surface area contributed by atoms with E-state index in [9.17, 15) is 4.79 Å². The molecule has 0 bridgehead atoms. The number of aryl methyl sites for hydroxylation is 5. The summed E-state index contributed by atoms with van der Waals surface area (Å²) in [6.45, 7) is 10.3. The maximum absolute atomic E-state index is 13.2. The summed E-state index contributed by atoms with van der Waals surface area (Å²) in [5.41, 5.74) is 8.78. The number of nitrogens with one attached hydrogen (secondary N) is 1. The molecule has 1 amide bonds. The molecule has 2 aromatic carbocycles. The van der Waals surface area contributed by atoms with E-state index in [1.54, 1.807) is 7.05 Å². The smallest absolute Gasteiger partial charge is 0.241 e. The molecule has 1 aromatic heterocycles. The molecule has 5 nitrogen and oxygen atoms in total. The number of fused-ring (bicyclic) bond motifs is 1. The third-order valence-corrected chi connectivity index (χ3v) is 7.14. The monoisotopic (exact) mass is 444 g/mol. The van der Waals surface area contributed by atoms with Gasteiger partial charge in [0.15, 0.2) is 0 Å². The average Bonchev–Trinajstić information content (AvgIpc) is 3.16. The van der Waals surface area contributed by atoms with Crippen molar-refractivity contribution in [2.75, 3.05) is 13.6 Å². The van der Waals surface area contributed by atoms with E-state index in [2.05, 4.69) is 72.9 Å². The number of hydrogen-bond acceptors (Lipinski definition) is 3. The van der Waals surface area contributed by atoms with Crippen LogP contribution in [0.3, 0.4) is 0 Å². The van der Waals surface area contributed by atoms with Gasteiger partial charge in [-0.1, -0.05) is 48.5 Å². The summed E-state index contributed by atoms with van der Waals surface area (Å²) < 4.78 is 2.16. The van der Waals surface area contributed by atoms with Gasteiger partial charge in [-0.25, -0.2) is 0 Å². The maximum atomic E-state index is 13.2. The molecular weight excluding hydrogens is 408 g/mol. The van der Waals surface area contributed by atoms with Gasteiger partial charge in [-0.05, 0) is 62.8 Å². The first-order valence-electron chi connectivity index (χ1n) is 12.1. The third-order valence-electron chi connectivity index (χ3n) is 7.14. The first-order valence-corrected chi connectivity index (χ1v) is 12.1. The Bertz CT molecular complexity index is 1120. The van der Waals surface area contributed by atoms with E-state index in [-0.39, 0.29) is 18.0 Å². The van der Waals surface area contributed by atoms with Gasteiger partial charge in [-0.15, -0.1) is 0 Å². The Morgan fingerprint density at radius 2 is 1.88 bits per heavy atom. The Labute approximate surface area is 197 Å². The van der Waals surface area contributed by atoms with Crippen LogP contribution in [0.5, 0.6) is 0 Å². The third kappa shape index (κ3) is 4.60. The maximum Gasteiger partial charge on any atom is 0.241 e. The summed E-state index contributed by atoms with van der Waals surface area (Å²) in [5.74, 6) is 0.0429. The summed E-state index contributed by atoms with van der Waals surface area (Å²) in [6.07, 6.45) is 2.82. The van der Waals surface area contributed by atoms with Crippen molar-refractivity contribution in [3.63, 3.8) is 0 Å². The lowest BCUT2D eigenvalue weighted by Crippen LogP contribution is -2.45. The molecule has 0 saturated carbocycles. The summed E-state index contributed by atoms with van der Waals surface area (Å²) in [7, 11) is 1.73. The van der Waals surface area contributed by atoms with E-state index in [4.69, 9.17) is 5.10 Å². The zero-order chi connectivity index (χ0) is 23.5. The lowest BCUT2D eigenvalue weighted by atomic mass is 9.88. The number of carbonyl (C=O) groups excluding carboxylic acids is 1. The number of rotatable bonds is 7. The Kier molecular flexibility index (Phi) is 6.99. The van der Waals surface area contributed by atoms with Crippen molar-refractivity contribution in [1.82, 2.24) is 20.0 Å². The summed E-state index contributed by atoms with van der Waals surface area (Å²) in [6, 6.07) is 16.8. The van der Waals surface area contributed by atoms with E-state index in [0.717, 1.165) is 43.6 Å². The number of carbonyl (C=O) groups is 1. The van der Waals surface area contributed by atoms with Crippen LogP contribution in [0.1, 0.15) is 64.6 Å². The van der Waals surface area contributed by atoms with Gasteiger partial charge < -0.3 is 5.32 Å². The van der Waals surface area contributed by atoms with Gasteiger partial charge in [0.25, 0.3) is 0 Å². The number of amides is 1. The molecule has 0 saturated heterocycles. The van der Waals surface area contributed by atoms with Gasteiger partial charge in [0.05, 0.1) is 5.69 Å². The van der Waals surface area contributed by atoms with Gasteiger partial charge in [0.1, 0.15) is 6.04 Å². The minimum absolute atomic E-state index is 0.0429. The lowest BCUT2D eigenvalue weighted by Gasteiger charge is -2.41. The van der Waals surface area contributed by atoms with Crippen LogP contribution < -0.4 is 5.32 Å². The zero-order valence-corrected chi connectivity index (χ0v) is 20.6. The van der Waals surface area contributed by atoms with Crippen molar-refractivity contribution >= 4 is 5.91 Å². The molecule has 1 aliphatic heterocycles. The van der Waals surface area contributed by atoms with Crippen molar-refractivity contribution in [1.29, 1.82) is 0 Å². The van der Waals surface area contributed by atoms with Crippen LogP contribution in [0.25, 0.3) is 0 Å². The average molecular weight is 445 g/mol. The normalized spacial score (nSPS) is 16.9. The number of likely N-dealkylation sites (N-methyl/N-ethyl adjacent to an activating group) is 1. The van der Waals surface area contributed by atoms with E-state index >= 15 is 0 Å². The number of aromatic nitrogens is 2. The number of benzene rings is 2. The fourth-order valence-corrected chi connectivity index (χ4v) is 5.31. The second-order valence-corrected chi connectivity index (χ2v) is 9.15. The van der Waals surface area contributed by atoms with Crippen molar-refractivity contribution in [2.45, 2.75) is 65.6 Å². The van der Waals surface area contributed by atoms with Gasteiger partial charge >= 0.3 is 0 Å². The standard InChI is InChI=1S/C28H36N4O/c1-6-32-25-16-17-31(27(28(33)29-5)23-10-8-7-9-11-23)24(26(25)21(4)30-32)15-14-22-13-12-19(2)20(3)18-22/h7-13,18,24,27H,6,14-17H2,1-5H3,(H,29,33). The molecule has 5 heteroatoms. The van der Waals surface area contributed by atoms with Crippen molar-refractivity contribution in [3.05, 3.63) is 87.7 Å². The van der Waals surface area contributed by atoms with Crippen LogP contribution in [0.15, 0.2) is 48.5 Å². The van der Waals surface area contributed by atoms with Crippen molar-refractivity contribution in [2.24, 2.45) is 0 Å². The summed E-state index contributed by atoms with van der Waals surface area (Å²) in [5, 5.41) is 7.79. The SMILES string of the molecule is CCn1nc(C)c2c1CCN(C(C(=O)NC)c1ccccc1)C2CCc1ccc(C)c(C)c1. The molecule has 33 heavy (non-hydrogen) atoms. The molecule has 3 aromatic rings. The molecule has 2 unspecified atom stereocenters. The fraction of sp³-hybridized carbons (Fsp3) is 0.429. The van der Waals surface area contributed by atoms with Crippen LogP contribution in [0.4, 0.5) is 0 Å². The number of nitrogens with zero attached hydrogens (tertiary/aromatic N) is 3. The quantitative estimate of drug-likeness (QED) is 0.567. The molecule has 4 rings (SSSR count). The summed E-state index contributed by atoms with van der Waals surface area (Å²) in [4.78, 5) is 15.6. The van der Waals surface area contributed by atoms with Crippen LogP contribution >= 0.6 is 0 Å². The molecule has 2 atom stereocenters. The highest BCUT2D eigenvalue weighted by Gasteiger charge is 2.38. The van der Waals surface area contributed by atoms with Crippen molar-refractivity contribution < 1.29 is 4.79 Å². The second-order valence-electron chi connectivity index (χ2n) is 9.15. The molecule has 0 radical (unpaired) electrons. The molecule has 0 fully saturated rings. The Morgan fingerprint density at radius 3 is 2.55 bits per heavy atom. The molecule has 1 aliphatic rings. The zero-order valence-electron chi connectivity index (χ0n) is 20.6. The topological polar surface area (TPSA) is 50.2 Å². The van der Waals surface area contributed by atoms with Gasteiger partial charge in [0.2, 0.25) is 5.91 Å². The fourth-order valence-electron chi connectivity index (χ4n) is 5.31. The Balaban J connectivity index is 1.74. The van der Waals surface area contributed by atoms with Crippen LogP contribution in [0.2, 0.25) is 0 Å². The van der Waals surface area contributed by atoms with Crippen LogP contribution in [-0.2, 0) is 24.2 Å². The van der Waals surface area contributed by atoms with Crippen LogP contribution in [-0.4, -0.2) is 34.2 Å². The lowest BCUT2D eigenvalue weighted by molar-refractivity contribution is -0.127. The predicted octanol–water partition coefficient (Wildman–Crippen LogP) is 4.85. The van der Waals surface area contributed by atoms with Gasteiger partial charge in [-0.2, -0.15) is 5.10 Å². The van der Waals surface area contributed by atoms with E-state index in [1.165, 1.54) is 27.9 Å². The molecule has 174 valence electrons. The molecule has 2 heterocycles. The highest BCUT2D eigenvalue weighted by molar-refractivity contribution is 5.83. The van der Waals surface area contributed by atoms with E-state index in [0.29, 0.717) is 0 Å². The summed E-state index contributed by atoms with van der Waals surface area (Å²) >= 11 is 0. The van der Waals surface area contributed by atoms with E-state index < -0.39 is 0 Å². The minimum atomic E-state index is -0.321. The highest BCUT2D eigenvalue weighted by Crippen LogP contribution is 2.40. The molecule has 0 aliphatic carbocycles. The first kappa shape index (κ1) is 23.2. The minimum Gasteiger partial charge on any atom is -0.358 e. The predicted molar refractivity (Wildman–Crippen MR) is 133 cm³/mol. The largest absolute Gasteiger partial charge is 0.358 e. The van der Waals surface area contributed by atoms with Crippen LogP contribution in [0, 0.1) is 20.8 Å². The molecule has 0 spiro atoms. The highest BCUT2D eigenvalue weighted by atomic mass is 16.2. The van der Waals surface area contributed by atoms with Gasteiger partial charge in [-0.3, -0.25) is 14.4 Å². The van der Waals surface area contributed by atoms with E-state index in [1.807, 2.05) is 18.2 Å². The van der Waals surface area contributed by atoms with Crippen molar-refractivity contribution in [3.8, 4) is 0 Å². The molecule has 1 N–H and O–H groups in total.